The van der Waals surface area contributed by atoms with Crippen molar-refractivity contribution in [1.29, 1.82) is 0 Å². The number of carbonyl (C=O) groups excluding carboxylic acids is 4. The lowest BCUT2D eigenvalue weighted by Gasteiger charge is -2.27. The van der Waals surface area contributed by atoms with E-state index in [1.54, 1.807) is 44.2 Å². The molecule has 0 aromatic heterocycles. The summed E-state index contributed by atoms with van der Waals surface area (Å²) < 4.78 is 0. The average molecular weight is 494 g/mol. The van der Waals surface area contributed by atoms with Crippen molar-refractivity contribution in [3.05, 3.63) is 35.9 Å². The molecule has 5 unspecified atom stereocenters. The zero-order valence-corrected chi connectivity index (χ0v) is 20.1. The van der Waals surface area contributed by atoms with E-state index in [9.17, 15) is 34.2 Å². The minimum atomic E-state index is -1.57. The molecule has 0 radical (unpaired) electrons. The zero-order valence-electron chi connectivity index (χ0n) is 20.1. The smallest absolute Gasteiger partial charge is 0.328 e. The third-order valence-electron chi connectivity index (χ3n) is 5.25. The molecule has 194 valence electrons. The first kappa shape index (κ1) is 29.5. The summed E-state index contributed by atoms with van der Waals surface area (Å²) in [6.45, 7) is 4.51. The van der Waals surface area contributed by atoms with Crippen molar-refractivity contribution in [3.8, 4) is 0 Å². The van der Waals surface area contributed by atoms with Gasteiger partial charge in [0.1, 0.15) is 12.1 Å². The Labute approximate surface area is 203 Å². The van der Waals surface area contributed by atoms with E-state index in [4.69, 9.17) is 11.5 Å². The van der Waals surface area contributed by atoms with Gasteiger partial charge in [-0.1, -0.05) is 44.2 Å². The maximum absolute atomic E-state index is 13.2. The van der Waals surface area contributed by atoms with Gasteiger partial charge in [0.25, 0.3) is 0 Å². The molecule has 9 N–H and O–H groups in total. The van der Waals surface area contributed by atoms with Crippen molar-refractivity contribution < 1.29 is 34.2 Å². The minimum absolute atomic E-state index is 0.00616. The Hall–Kier alpha value is -3.51. The van der Waals surface area contributed by atoms with Crippen LogP contribution in [0.2, 0.25) is 0 Å². The molecule has 0 saturated heterocycles. The molecule has 12 nitrogen and oxygen atoms in total. The number of carboxylic acid groups (broad SMARTS) is 1. The highest BCUT2D eigenvalue weighted by atomic mass is 16.4. The molecule has 0 bridgehead atoms. The standard InChI is InChI=1S/C23H35N5O7/c1-12(2)18(22(33)28-19(13(3)29)23(34)35)27-21(32)16(11-14-7-5-4-6-8-14)26-20(31)15(24)9-10-17(25)30/h4-8,12-13,15-16,18-19,29H,9-11,24H2,1-3H3,(H2,25,30)(H,26,31)(H,27,32)(H,28,33)(H,34,35). The van der Waals surface area contributed by atoms with Crippen LogP contribution in [0.3, 0.4) is 0 Å². The van der Waals surface area contributed by atoms with Gasteiger partial charge >= 0.3 is 5.97 Å². The fourth-order valence-electron chi connectivity index (χ4n) is 3.19. The summed E-state index contributed by atoms with van der Waals surface area (Å²) >= 11 is 0. The van der Waals surface area contributed by atoms with Gasteiger partial charge in [0, 0.05) is 12.8 Å². The van der Waals surface area contributed by atoms with Crippen molar-refractivity contribution in [3.63, 3.8) is 0 Å². The van der Waals surface area contributed by atoms with Crippen molar-refractivity contribution >= 4 is 29.6 Å². The highest BCUT2D eigenvalue weighted by molar-refractivity contribution is 5.94. The molecule has 0 heterocycles. The number of hydrogen-bond donors (Lipinski definition) is 7. The number of rotatable bonds is 14. The first-order chi connectivity index (χ1) is 16.3. The van der Waals surface area contributed by atoms with Gasteiger partial charge < -0.3 is 37.6 Å². The third-order valence-corrected chi connectivity index (χ3v) is 5.25. The van der Waals surface area contributed by atoms with Gasteiger partial charge in [-0.05, 0) is 24.8 Å². The van der Waals surface area contributed by atoms with Crippen LogP contribution in [0.5, 0.6) is 0 Å². The topological polar surface area (TPSA) is 214 Å². The molecular weight excluding hydrogens is 458 g/mol. The molecule has 0 aliphatic carbocycles. The SMILES string of the molecule is CC(C)C(NC(=O)C(Cc1ccccc1)NC(=O)C(N)CCC(N)=O)C(=O)NC(C(=O)O)C(C)O. The number of carboxylic acids is 1. The number of nitrogens with one attached hydrogen (secondary N) is 3. The van der Waals surface area contributed by atoms with Crippen LogP contribution < -0.4 is 27.4 Å². The minimum Gasteiger partial charge on any atom is -0.480 e. The lowest BCUT2D eigenvalue weighted by molar-refractivity contribution is -0.145. The summed E-state index contributed by atoms with van der Waals surface area (Å²) in [7, 11) is 0. The van der Waals surface area contributed by atoms with Gasteiger partial charge in [0.2, 0.25) is 23.6 Å². The number of benzene rings is 1. The molecule has 1 aromatic carbocycles. The summed E-state index contributed by atoms with van der Waals surface area (Å²) in [5.74, 6) is -4.66. The Morgan fingerprint density at radius 1 is 0.886 bits per heavy atom. The normalized spacial score (nSPS) is 15.3. The van der Waals surface area contributed by atoms with Crippen LogP contribution in [0.25, 0.3) is 0 Å². The van der Waals surface area contributed by atoms with Crippen molar-refractivity contribution in [1.82, 2.24) is 16.0 Å². The van der Waals surface area contributed by atoms with E-state index < -0.39 is 65.8 Å². The second kappa shape index (κ2) is 14.0. The third kappa shape index (κ3) is 10.1. The molecule has 0 fully saturated rings. The van der Waals surface area contributed by atoms with Crippen LogP contribution in [0.1, 0.15) is 39.2 Å². The molecule has 0 spiro atoms. The number of aliphatic hydroxyl groups excluding tert-OH is 1. The Kier molecular flexibility index (Phi) is 11.8. The predicted molar refractivity (Wildman–Crippen MR) is 126 cm³/mol. The fourth-order valence-corrected chi connectivity index (χ4v) is 3.19. The predicted octanol–water partition coefficient (Wildman–Crippen LogP) is -1.60. The molecule has 1 rings (SSSR count). The van der Waals surface area contributed by atoms with Crippen LogP contribution >= 0.6 is 0 Å². The highest BCUT2D eigenvalue weighted by Crippen LogP contribution is 2.08. The van der Waals surface area contributed by atoms with Gasteiger partial charge in [0.05, 0.1) is 12.1 Å². The van der Waals surface area contributed by atoms with Crippen molar-refractivity contribution in [2.24, 2.45) is 17.4 Å². The number of primary amides is 1. The summed E-state index contributed by atoms with van der Waals surface area (Å²) in [5.41, 5.74) is 11.6. The van der Waals surface area contributed by atoms with Crippen LogP contribution in [0, 0.1) is 5.92 Å². The van der Waals surface area contributed by atoms with E-state index in [1.165, 1.54) is 6.92 Å². The second-order valence-corrected chi connectivity index (χ2v) is 8.66. The van der Waals surface area contributed by atoms with Crippen LogP contribution in [-0.4, -0.2) is 70.1 Å². The lowest BCUT2D eigenvalue weighted by Crippen LogP contribution is -2.60. The highest BCUT2D eigenvalue weighted by Gasteiger charge is 2.33. The van der Waals surface area contributed by atoms with Gasteiger partial charge in [0.15, 0.2) is 6.04 Å². The van der Waals surface area contributed by atoms with Gasteiger partial charge in [-0.2, -0.15) is 0 Å². The fraction of sp³-hybridized carbons (Fsp3) is 0.522. The molecule has 1 aromatic rings. The van der Waals surface area contributed by atoms with Gasteiger partial charge in [-0.15, -0.1) is 0 Å². The monoisotopic (exact) mass is 493 g/mol. The first-order valence-corrected chi connectivity index (χ1v) is 11.2. The number of aliphatic hydroxyl groups is 1. The Balaban J connectivity index is 3.06. The molecule has 0 aliphatic rings. The molecule has 4 amide bonds. The summed E-state index contributed by atoms with van der Waals surface area (Å²) in [4.78, 5) is 60.8. The Morgan fingerprint density at radius 3 is 1.94 bits per heavy atom. The van der Waals surface area contributed by atoms with Crippen molar-refractivity contribution in [2.75, 3.05) is 0 Å². The van der Waals surface area contributed by atoms with Crippen molar-refractivity contribution in [2.45, 2.75) is 70.3 Å². The largest absolute Gasteiger partial charge is 0.480 e. The molecule has 0 aliphatic heterocycles. The van der Waals surface area contributed by atoms with Gasteiger partial charge in [-0.3, -0.25) is 19.2 Å². The number of amides is 4. The van der Waals surface area contributed by atoms with E-state index in [0.717, 1.165) is 5.56 Å². The molecule has 5 atom stereocenters. The van der Waals surface area contributed by atoms with Crippen LogP contribution in [0.4, 0.5) is 0 Å². The Bertz CT molecular complexity index is 892. The lowest BCUT2D eigenvalue weighted by atomic mass is 10.00. The Morgan fingerprint density at radius 2 is 1.46 bits per heavy atom. The average Bonchev–Trinajstić information content (AvgIpc) is 2.78. The summed E-state index contributed by atoms with van der Waals surface area (Å²) in [5, 5.41) is 26.2. The van der Waals surface area contributed by atoms with Crippen LogP contribution in [0.15, 0.2) is 30.3 Å². The number of aliphatic carboxylic acids is 1. The molecule has 0 saturated carbocycles. The van der Waals surface area contributed by atoms with Gasteiger partial charge in [-0.25, -0.2) is 4.79 Å². The molecule has 35 heavy (non-hydrogen) atoms. The van der Waals surface area contributed by atoms with E-state index in [2.05, 4.69) is 16.0 Å². The van der Waals surface area contributed by atoms with E-state index >= 15 is 0 Å². The quantitative estimate of drug-likeness (QED) is 0.160. The molecular formula is C23H35N5O7. The number of carbonyl (C=O) groups is 5. The number of hydrogen-bond acceptors (Lipinski definition) is 7. The zero-order chi connectivity index (χ0) is 26.7. The maximum Gasteiger partial charge on any atom is 0.328 e. The maximum atomic E-state index is 13.2. The number of nitrogens with two attached hydrogens (primary N) is 2. The van der Waals surface area contributed by atoms with Crippen LogP contribution in [-0.2, 0) is 30.4 Å². The van der Waals surface area contributed by atoms with E-state index in [1.807, 2.05) is 0 Å². The second-order valence-electron chi connectivity index (χ2n) is 8.66. The molecule has 12 heteroatoms. The van der Waals surface area contributed by atoms with E-state index in [0.29, 0.717) is 0 Å². The summed E-state index contributed by atoms with van der Waals surface area (Å²) in [6.07, 6.45) is -1.40. The summed E-state index contributed by atoms with van der Waals surface area (Å²) in [6, 6.07) is 3.90. The first-order valence-electron chi connectivity index (χ1n) is 11.2. The van der Waals surface area contributed by atoms with E-state index in [-0.39, 0.29) is 19.3 Å².